The predicted molar refractivity (Wildman–Crippen MR) is 90.7 cm³/mol. The summed E-state index contributed by atoms with van der Waals surface area (Å²) in [6.07, 6.45) is -4.06. The third-order valence-corrected chi connectivity index (χ3v) is 4.23. The maximum absolute atomic E-state index is 12.7. The Hall–Kier alpha value is -2.87. The number of rotatable bonds is 4. The molecule has 142 valence electrons. The van der Waals surface area contributed by atoms with E-state index in [9.17, 15) is 22.8 Å². The van der Waals surface area contributed by atoms with Crippen LogP contribution in [0.5, 0.6) is 0 Å². The third-order valence-electron chi connectivity index (χ3n) is 4.23. The Kier molecular flexibility index (Phi) is 5.46. The zero-order valence-corrected chi connectivity index (χ0v) is 14.2. The molecule has 0 radical (unpaired) electrons. The van der Waals surface area contributed by atoms with Crippen molar-refractivity contribution in [1.29, 1.82) is 0 Å². The lowest BCUT2D eigenvalue weighted by molar-refractivity contribution is -0.145. The van der Waals surface area contributed by atoms with Crippen molar-refractivity contribution in [2.24, 2.45) is 0 Å². The van der Waals surface area contributed by atoms with E-state index < -0.39 is 29.7 Å². The van der Waals surface area contributed by atoms with E-state index in [4.69, 9.17) is 4.74 Å². The van der Waals surface area contributed by atoms with Crippen molar-refractivity contribution in [3.05, 3.63) is 70.8 Å². The molecule has 1 heterocycles. The van der Waals surface area contributed by atoms with Crippen molar-refractivity contribution >= 4 is 11.8 Å². The van der Waals surface area contributed by atoms with Crippen LogP contribution in [0.1, 0.15) is 33.5 Å². The Bertz CT molecular complexity index is 831. The molecule has 0 saturated carbocycles. The van der Waals surface area contributed by atoms with E-state index in [1.54, 1.807) is 24.3 Å². The van der Waals surface area contributed by atoms with Crippen molar-refractivity contribution in [3.8, 4) is 0 Å². The fraction of sp³-hybridized carbons (Fsp3) is 0.263. The molecule has 1 fully saturated rings. The van der Waals surface area contributed by atoms with Crippen LogP contribution >= 0.6 is 0 Å². The zero-order valence-electron chi connectivity index (χ0n) is 14.2. The molecule has 5 nitrogen and oxygen atoms in total. The molecule has 3 rings (SSSR count). The molecule has 0 aliphatic carbocycles. The smallest absolute Gasteiger partial charge is 0.368 e. The number of halogens is 3. The molecule has 2 aromatic carbocycles. The Labute approximate surface area is 153 Å². The van der Waals surface area contributed by atoms with Gasteiger partial charge in [0.15, 0.2) is 0 Å². The van der Waals surface area contributed by atoms with Gasteiger partial charge >= 0.3 is 6.18 Å². The zero-order chi connectivity index (χ0) is 19.4. The minimum absolute atomic E-state index is 0.279. The van der Waals surface area contributed by atoms with Gasteiger partial charge in [0.1, 0.15) is 6.10 Å². The lowest BCUT2D eigenvalue weighted by atomic mass is 9.98. The number of alkyl halides is 3. The van der Waals surface area contributed by atoms with Crippen LogP contribution in [0.15, 0.2) is 48.5 Å². The number of amides is 2. The van der Waals surface area contributed by atoms with E-state index in [1.165, 1.54) is 12.1 Å². The van der Waals surface area contributed by atoms with Gasteiger partial charge in [0.25, 0.3) is 11.8 Å². The van der Waals surface area contributed by atoms with Crippen molar-refractivity contribution in [1.82, 2.24) is 10.9 Å². The van der Waals surface area contributed by atoms with Crippen LogP contribution in [0.25, 0.3) is 0 Å². The SMILES string of the molecule is O=C(NNC(=O)C1CCO1)c1ccccc1Cc1ccc(C(F)(F)F)cc1. The lowest BCUT2D eigenvalue weighted by Crippen LogP contribution is -2.50. The first-order chi connectivity index (χ1) is 12.8. The molecule has 8 heteroatoms. The summed E-state index contributed by atoms with van der Waals surface area (Å²) in [6.45, 7) is 0.516. The molecule has 2 amide bonds. The average molecular weight is 378 g/mol. The molecule has 2 N–H and O–H groups in total. The van der Waals surface area contributed by atoms with Gasteiger partial charge < -0.3 is 4.74 Å². The lowest BCUT2D eigenvalue weighted by Gasteiger charge is -2.25. The molecular weight excluding hydrogens is 361 g/mol. The fourth-order valence-corrected chi connectivity index (χ4v) is 2.64. The monoisotopic (exact) mass is 378 g/mol. The van der Waals surface area contributed by atoms with Crippen LogP contribution in [0.3, 0.4) is 0 Å². The fourth-order valence-electron chi connectivity index (χ4n) is 2.64. The first-order valence-electron chi connectivity index (χ1n) is 8.30. The molecule has 27 heavy (non-hydrogen) atoms. The molecule has 0 aromatic heterocycles. The van der Waals surface area contributed by atoms with Crippen molar-refractivity contribution in [3.63, 3.8) is 0 Å². The first kappa shape index (κ1) is 18.9. The summed E-state index contributed by atoms with van der Waals surface area (Å²) in [5.74, 6) is -0.931. The summed E-state index contributed by atoms with van der Waals surface area (Å²) >= 11 is 0. The molecule has 0 spiro atoms. The molecule has 2 aromatic rings. The molecule has 1 aliphatic rings. The summed E-state index contributed by atoms with van der Waals surface area (Å²) in [4.78, 5) is 24.1. The minimum atomic E-state index is -4.39. The van der Waals surface area contributed by atoms with Crippen molar-refractivity contribution in [2.75, 3.05) is 6.61 Å². The third kappa shape index (κ3) is 4.65. The number of carbonyl (C=O) groups is 2. The maximum atomic E-state index is 12.7. The Morgan fingerprint density at radius 3 is 2.30 bits per heavy atom. The summed E-state index contributed by atoms with van der Waals surface area (Å²) in [5, 5.41) is 0. The highest BCUT2D eigenvalue weighted by molar-refractivity contribution is 5.97. The number of hydrazine groups is 1. The van der Waals surface area contributed by atoms with Crippen LogP contribution in [0.2, 0.25) is 0 Å². The highest BCUT2D eigenvalue weighted by atomic mass is 19.4. The minimum Gasteiger partial charge on any atom is -0.368 e. The quantitative estimate of drug-likeness (QED) is 0.804. The van der Waals surface area contributed by atoms with E-state index in [1.807, 2.05) is 0 Å². The number of hydrogen-bond donors (Lipinski definition) is 2. The van der Waals surface area contributed by atoms with E-state index >= 15 is 0 Å². The van der Waals surface area contributed by atoms with E-state index in [0.717, 1.165) is 12.1 Å². The normalized spacial score (nSPS) is 16.3. The number of ether oxygens (including phenoxy) is 1. The summed E-state index contributed by atoms with van der Waals surface area (Å²) < 4.78 is 43.0. The first-order valence-corrected chi connectivity index (χ1v) is 8.30. The highest BCUT2D eigenvalue weighted by Crippen LogP contribution is 2.29. The Morgan fingerprint density at radius 1 is 1.04 bits per heavy atom. The van der Waals surface area contributed by atoms with Gasteiger partial charge in [-0.3, -0.25) is 20.4 Å². The molecule has 1 saturated heterocycles. The van der Waals surface area contributed by atoms with Gasteiger partial charge in [-0.05, 0) is 35.7 Å². The standard InChI is InChI=1S/C19H17F3N2O3/c20-19(21,22)14-7-5-12(6-8-14)11-13-3-1-2-4-15(13)17(25)23-24-18(26)16-9-10-27-16/h1-8,16H,9-11H2,(H,23,25)(H,24,26). The van der Waals surface area contributed by atoms with E-state index in [-0.39, 0.29) is 6.42 Å². The molecule has 1 unspecified atom stereocenters. The number of hydrogen-bond acceptors (Lipinski definition) is 3. The van der Waals surface area contributed by atoms with Crippen molar-refractivity contribution < 1.29 is 27.5 Å². The number of benzene rings is 2. The Morgan fingerprint density at radius 2 is 1.70 bits per heavy atom. The Balaban J connectivity index is 1.68. The summed E-state index contributed by atoms with van der Waals surface area (Å²) in [5.41, 5.74) is 5.51. The average Bonchev–Trinajstić information content (AvgIpc) is 2.58. The second-order valence-electron chi connectivity index (χ2n) is 6.12. The van der Waals surface area contributed by atoms with Crippen LogP contribution in [-0.4, -0.2) is 24.5 Å². The van der Waals surface area contributed by atoms with Crippen LogP contribution < -0.4 is 10.9 Å². The molecule has 0 bridgehead atoms. The van der Waals surface area contributed by atoms with Gasteiger partial charge in [-0.25, -0.2) is 0 Å². The second-order valence-corrected chi connectivity index (χ2v) is 6.12. The molecule has 1 atom stereocenters. The molecule has 1 aliphatic heterocycles. The highest BCUT2D eigenvalue weighted by Gasteiger charge is 2.30. The van der Waals surface area contributed by atoms with Gasteiger partial charge in [0, 0.05) is 12.0 Å². The van der Waals surface area contributed by atoms with Crippen LogP contribution in [0, 0.1) is 0 Å². The van der Waals surface area contributed by atoms with Gasteiger partial charge in [-0.1, -0.05) is 30.3 Å². The predicted octanol–water partition coefficient (Wildman–Crippen LogP) is 2.85. The van der Waals surface area contributed by atoms with Crippen molar-refractivity contribution in [2.45, 2.75) is 25.1 Å². The maximum Gasteiger partial charge on any atom is 0.416 e. The van der Waals surface area contributed by atoms with E-state index in [2.05, 4.69) is 10.9 Å². The van der Waals surface area contributed by atoms with Crippen LogP contribution in [-0.2, 0) is 22.1 Å². The number of carbonyl (C=O) groups excluding carboxylic acids is 2. The van der Waals surface area contributed by atoms with Gasteiger partial charge in [0.05, 0.1) is 12.2 Å². The van der Waals surface area contributed by atoms with Gasteiger partial charge in [-0.15, -0.1) is 0 Å². The molecular formula is C19H17F3N2O3. The summed E-state index contributed by atoms with van der Waals surface area (Å²) in [6, 6.07) is 11.5. The van der Waals surface area contributed by atoms with Crippen LogP contribution in [0.4, 0.5) is 13.2 Å². The number of nitrogens with one attached hydrogen (secondary N) is 2. The largest absolute Gasteiger partial charge is 0.416 e. The summed E-state index contributed by atoms with van der Waals surface area (Å²) in [7, 11) is 0. The topological polar surface area (TPSA) is 67.4 Å². The van der Waals surface area contributed by atoms with Gasteiger partial charge in [0.2, 0.25) is 0 Å². The van der Waals surface area contributed by atoms with E-state index in [0.29, 0.717) is 29.7 Å². The van der Waals surface area contributed by atoms with Gasteiger partial charge in [-0.2, -0.15) is 13.2 Å². The second kappa shape index (κ2) is 7.79.